The SMILES string of the molecule is CC(C)(C)c1ccc(N=NN)c(NC(=S)Nc2cccnc2Oc2cccc(C(F)(F)F)c2)c1. The Bertz CT molecular complexity index is 1210. The Morgan fingerprint density at radius 3 is 2.38 bits per heavy atom. The molecule has 11 heteroatoms. The summed E-state index contributed by atoms with van der Waals surface area (Å²) in [7, 11) is 0. The van der Waals surface area contributed by atoms with Crippen LogP contribution in [0.25, 0.3) is 0 Å². The van der Waals surface area contributed by atoms with E-state index in [1.54, 1.807) is 18.2 Å². The Hall–Kier alpha value is -3.73. The standard InChI is InChI=1S/C23H23F3N6OS/c1-22(2,3)14-9-10-17(31-32-27)19(13-14)30-21(34)29-18-8-5-11-28-20(18)33-16-7-4-6-15(12-16)23(24,25)26/h4-13H,1-3H3,(H2,27,31)(H2,29,30,34). The molecule has 0 fully saturated rings. The molecular formula is C23H23F3N6OS. The number of nitrogens with one attached hydrogen (secondary N) is 2. The molecule has 1 aromatic heterocycles. The molecule has 0 bridgehead atoms. The monoisotopic (exact) mass is 488 g/mol. The van der Waals surface area contributed by atoms with E-state index in [0.717, 1.165) is 17.7 Å². The summed E-state index contributed by atoms with van der Waals surface area (Å²) in [5.41, 5.74) is 1.48. The molecular weight excluding hydrogens is 465 g/mol. The molecule has 3 rings (SSSR count). The maximum Gasteiger partial charge on any atom is 0.416 e. The molecule has 0 aliphatic rings. The predicted molar refractivity (Wildman–Crippen MR) is 129 cm³/mol. The van der Waals surface area contributed by atoms with Gasteiger partial charge in [0.05, 0.1) is 11.3 Å². The number of nitrogens with two attached hydrogens (primary N) is 1. The maximum absolute atomic E-state index is 13.0. The molecule has 0 radical (unpaired) electrons. The zero-order chi connectivity index (χ0) is 24.9. The van der Waals surface area contributed by atoms with Crippen molar-refractivity contribution in [3.8, 4) is 11.6 Å². The second-order valence-electron chi connectivity index (χ2n) is 8.26. The highest BCUT2D eigenvalue weighted by Crippen LogP contribution is 2.35. The molecule has 4 N–H and O–H groups in total. The zero-order valence-corrected chi connectivity index (χ0v) is 19.5. The maximum atomic E-state index is 13.0. The lowest BCUT2D eigenvalue weighted by atomic mass is 9.86. The number of nitrogens with zero attached hydrogens (tertiary/aromatic N) is 3. The lowest BCUT2D eigenvalue weighted by molar-refractivity contribution is -0.137. The Morgan fingerprint density at radius 2 is 1.71 bits per heavy atom. The molecule has 0 spiro atoms. The van der Waals surface area contributed by atoms with Gasteiger partial charge in [-0.2, -0.15) is 13.2 Å². The highest BCUT2D eigenvalue weighted by Gasteiger charge is 2.30. The first kappa shape index (κ1) is 24.9. The van der Waals surface area contributed by atoms with Gasteiger partial charge >= 0.3 is 6.18 Å². The van der Waals surface area contributed by atoms with Crippen LogP contribution < -0.4 is 21.2 Å². The first-order valence-electron chi connectivity index (χ1n) is 10.1. The van der Waals surface area contributed by atoms with Crippen LogP contribution in [0.3, 0.4) is 0 Å². The molecule has 0 saturated heterocycles. The van der Waals surface area contributed by atoms with Crippen LogP contribution >= 0.6 is 12.2 Å². The van der Waals surface area contributed by atoms with Crippen LogP contribution in [0.15, 0.2) is 71.1 Å². The number of hydrogen-bond donors (Lipinski definition) is 3. The second kappa shape index (κ2) is 10.0. The minimum absolute atomic E-state index is 0.0148. The molecule has 2 aromatic carbocycles. The zero-order valence-electron chi connectivity index (χ0n) is 18.6. The van der Waals surface area contributed by atoms with Gasteiger partial charge in [0, 0.05) is 6.20 Å². The van der Waals surface area contributed by atoms with E-state index in [1.165, 1.54) is 18.3 Å². The smallest absolute Gasteiger partial charge is 0.416 e. The first-order chi connectivity index (χ1) is 16.0. The van der Waals surface area contributed by atoms with Gasteiger partial charge in [0.2, 0.25) is 5.88 Å². The summed E-state index contributed by atoms with van der Waals surface area (Å²) >= 11 is 5.43. The van der Waals surface area contributed by atoms with Crippen LogP contribution in [-0.2, 0) is 11.6 Å². The van der Waals surface area contributed by atoms with Crippen LogP contribution in [0.5, 0.6) is 11.6 Å². The summed E-state index contributed by atoms with van der Waals surface area (Å²) in [6.07, 6.45) is -3.03. The molecule has 7 nitrogen and oxygen atoms in total. The molecule has 0 saturated carbocycles. The number of aromatic nitrogens is 1. The van der Waals surface area contributed by atoms with Crippen molar-refractivity contribution >= 4 is 34.4 Å². The van der Waals surface area contributed by atoms with Crippen molar-refractivity contribution in [2.24, 2.45) is 16.2 Å². The number of benzene rings is 2. The fourth-order valence-electron chi connectivity index (χ4n) is 2.94. The van der Waals surface area contributed by atoms with Crippen molar-refractivity contribution in [1.29, 1.82) is 0 Å². The first-order valence-corrected chi connectivity index (χ1v) is 10.5. The normalized spacial score (nSPS) is 11.9. The second-order valence-corrected chi connectivity index (χ2v) is 8.67. The largest absolute Gasteiger partial charge is 0.437 e. The van der Waals surface area contributed by atoms with Gasteiger partial charge in [-0.05, 0) is 65.7 Å². The van der Waals surface area contributed by atoms with Crippen molar-refractivity contribution in [3.63, 3.8) is 0 Å². The minimum atomic E-state index is -4.49. The summed E-state index contributed by atoms with van der Waals surface area (Å²) in [5, 5.41) is 13.5. The van der Waals surface area contributed by atoms with Crippen LogP contribution in [0, 0.1) is 0 Å². The summed E-state index contributed by atoms with van der Waals surface area (Å²) < 4.78 is 44.7. The van der Waals surface area contributed by atoms with E-state index < -0.39 is 11.7 Å². The summed E-state index contributed by atoms with van der Waals surface area (Å²) in [6, 6.07) is 13.4. The van der Waals surface area contributed by atoms with E-state index in [1.807, 2.05) is 12.1 Å². The van der Waals surface area contributed by atoms with Gasteiger partial charge in [-0.25, -0.2) is 4.98 Å². The molecule has 178 valence electrons. The van der Waals surface area contributed by atoms with E-state index >= 15 is 0 Å². The third-order valence-electron chi connectivity index (χ3n) is 4.67. The number of thiocarbonyl (C=S) groups is 1. The van der Waals surface area contributed by atoms with E-state index in [4.69, 9.17) is 22.8 Å². The lowest BCUT2D eigenvalue weighted by Crippen LogP contribution is -2.20. The van der Waals surface area contributed by atoms with E-state index in [0.29, 0.717) is 17.1 Å². The highest BCUT2D eigenvalue weighted by atomic mass is 32.1. The molecule has 0 aliphatic carbocycles. The van der Waals surface area contributed by atoms with Gasteiger partial charge < -0.3 is 21.2 Å². The van der Waals surface area contributed by atoms with E-state index in [2.05, 4.69) is 46.7 Å². The predicted octanol–water partition coefficient (Wildman–Crippen LogP) is 6.96. The van der Waals surface area contributed by atoms with Crippen LogP contribution in [0.2, 0.25) is 0 Å². The van der Waals surface area contributed by atoms with E-state index in [-0.39, 0.29) is 22.2 Å². The molecule has 0 unspecified atom stereocenters. The summed E-state index contributed by atoms with van der Waals surface area (Å²) in [4.78, 5) is 4.12. The topological polar surface area (TPSA) is 96.9 Å². The van der Waals surface area contributed by atoms with Crippen molar-refractivity contribution in [2.75, 3.05) is 10.6 Å². The van der Waals surface area contributed by atoms with Crippen molar-refractivity contribution < 1.29 is 17.9 Å². The highest BCUT2D eigenvalue weighted by molar-refractivity contribution is 7.80. The quantitative estimate of drug-likeness (QED) is 0.156. The number of rotatable bonds is 5. The molecule has 3 aromatic rings. The average Bonchev–Trinajstić information content (AvgIpc) is 2.75. The number of alkyl halides is 3. The van der Waals surface area contributed by atoms with Crippen molar-refractivity contribution in [1.82, 2.24) is 4.98 Å². The molecule has 0 amide bonds. The number of halogens is 3. The van der Waals surface area contributed by atoms with Crippen LogP contribution in [-0.4, -0.2) is 10.1 Å². The molecule has 0 atom stereocenters. The molecule has 1 heterocycles. The Morgan fingerprint density at radius 1 is 0.971 bits per heavy atom. The number of anilines is 2. The third-order valence-corrected chi connectivity index (χ3v) is 4.88. The summed E-state index contributed by atoms with van der Waals surface area (Å²) in [5.74, 6) is 5.26. The molecule has 34 heavy (non-hydrogen) atoms. The van der Waals surface area contributed by atoms with Gasteiger partial charge in [-0.1, -0.05) is 38.1 Å². The number of pyridine rings is 1. The summed E-state index contributed by atoms with van der Waals surface area (Å²) in [6.45, 7) is 6.21. The van der Waals surface area contributed by atoms with Crippen LogP contribution in [0.4, 0.5) is 30.2 Å². The molecule has 0 aliphatic heterocycles. The van der Waals surface area contributed by atoms with Gasteiger partial charge in [0.25, 0.3) is 0 Å². The Balaban J connectivity index is 1.82. The lowest BCUT2D eigenvalue weighted by Gasteiger charge is -2.21. The van der Waals surface area contributed by atoms with Crippen LogP contribution in [0.1, 0.15) is 31.9 Å². The third kappa shape index (κ3) is 6.41. The average molecular weight is 489 g/mol. The van der Waals surface area contributed by atoms with Crippen molar-refractivity contribution in [3.05, 3.63) is 71.9 Å². The number of ether oxygens (including phenoxy) is 1. The Labute approximate surface area is 200 Å². The number of hydrogen-bond acceptors (Lipinski definition) is 5. The van der Waals surface area contributed by atoms with Gasteiger partial charge in [0.15, 0.2) is 5.11 Å². The van der Waals surface area contributed by atoms with Gasteiger partial charge in [-0.15, -0.1) is 5.11 Å². The fraction of sp³-hybridized carbons (Fsp3) is 0.217. The van der Waals surface area contributed by atoms with Gasteiger partial charge in [-0.3, -0.25) is 0 Å². The Kier molecular flexibility index (Phi) is 7.35. The fourth-order valence-corrected chi connectivity index (χ4v) is 3.16. The van der Waals surface area contributed by atoms with E-state index in [9.17, 15) is 13.2 Å². The van der Waals surface area contributed by atoms with Crippen molar-refractivity contribution in [2.45, 2.75) is 32.4 Å². The minimum Gasteiger partial charge on any atom is -0.437 e. The van der Waals surface area contributed by atoms with Gasteiger partial charge in [0.1, 0.15) is 17.1 Å².